The van der Waals surface area contributed by atoms with Crippen LogP contribution in [0.25, 0.3) is 11.1 Å². The van der Waals surface area contributed by atoms with Crippen molar-refractivity contribution in [2.75, 3.05) is 0 Å². The number of ether oxygens (including phenoxy) is 1. The van der Waals surface area contributed by atoms with E-state index in [9.17, 15) is 5.26 Å². The lowest BCUT2D eigenvalue weighted by Crippen LogP contribution is -2.63. The van der Waals surface area contributed by atoms with Crippen LogP contribution >= 0.6 is 11.8 Å². The summed E-state index contributed by atoms with van der Waals surface area (Å²) < 4.78 is 6.94. The van der Waals surface area contributed by atoms with E-state index in [2.05, 4.69) is 70.1 Å². The topological polar surface area (TPSA) is 39.5 Å². The molecule has 0 N–H and O–H groups in total. The number of hydrogen-bond donors (Lipinski definition) is 0. The van der Waals surface area contributed by atoms with Crippen molar-refractivity contribution in [2.24, 2.45) is 23.7 Å². The molecule has 12 rings (SSSR count). The molecule has 4 aliphatic heterocycles. The molecule has 16 atom stereocenters. The van der Waals surface area contributed by atoms with Crippen LogP contribution in [0.5, 0.6) is 0 Å². The van der Waals surface area contributed by atoms with Gasteiger partial charge in [0.25, 0.3) is 0 Å². The van der Waals surface area contributed by atoms with Gasteiger partial charge < -0.3 is 4.74 Å². The second-order valence-electron chi connectivity index (χ2n) is 20.3. The van der Waals surface area contributed by atoms with Crippen LogP contribution in [0.2, 0.25) is 0 Å². The molecule has 54 heavy (non-hydrogen) atoms. The molecule has 4 heterocycles. The molecule has 6 aliphatic carbocycles. The number of nitriles is 1. The highest BCUT2D eigenvalue weighted by atomic mass is 32.2. The van der Waals surface area contributed by atoms with Crippen LogP contribution in [0.4, 0.5) is 0 Å². The van der Waals surface area contributed by atoms with Gasteiger partial charge in [0, 0.05) is 46.8 Å². The highest BCUT2D eigenvalue weighted by molar-refractivity contribution is 8.00. The fourth-order valence-corrected chi connectivity index (χ4v) is 18.1. The van der Waals surface area contributed by atoms with Gasteiger partial charge in [-0.25, -0.2) is 0 Å². The number of benzene rings is 2. The maximum atomic E-state index is 10.4. The van der Waals surface area contributed by atoms with E-state index >= 15 is 0 Å². The van der Waals surface area contributed by atoms with Gasteiger partial charge in [-0.1, -0.05) is 68.9 Å². The largest absolute Gasteiger partial charge is 0.372 e. The summed E-state index contributed by atoms with van der Waals surface area (Å²) in [4.78, 5) is 6.30. The molecule has 2 aromatic rings. The smallest absolute Gasteiger partial charge is 0.0991 e. The number of morpholine rings is 1. The fourth-order valence-electron chi connectivity index (χ4n) is 16.1. The Labute approximate surface area is 329 Å². The highest BCUT2D eigenvalue weighted by Gasteiger charge is 2.61. The van der Waals surface area contributed by atoms with Gasteiger partial charge >= 0.3 is 0 Å². The Bertz CT molecular complexity index is 1790. The van der Waals surface area contributed by atoms with Crippen LogP contribution in [0.3, 0.4) is 0 Å². The Morgan fingerprint density at radius 1 is 0.537 bits per heavy atom. The third-order valence-corrected chi connectivity index (χ3v) is 19.8. The maximum absolute atomic E-state index is 10.4. The van der Waals surface area contributed by atoms with Gasteiger partial charge in [-0.3, -0.25) is 9.80 Å². The molecule has 0 spiro atoms. The summed E-state index contributed by atoms with van der Waals surface area (Å²) in [6, 6.07) is 23.9. The third-order valence-electron chi connectivity index (χ3n) is 18.0. The van der Waals surface area contributed by atoms with Crippen molar-refractivity contribution in [3.05, 3.63) is 59.2 Å². The van der Waals surface area contributed by atoms with Crippen molar-refractivity contribution in [1.82, 2.24) is 9.80 Å². The van der Waals surface area contributed by atoms with Crippen molar-refractivity contribution in [3.8, 4) is 17.2 Å². The molecule has 0 bridgehead atoms. The Hall–Kier alpha value is -1.84. The summed E-state index contributed by atoms with van der Waals surface area (Å²) in [5.41, 5.74) is 6.46. The van der Waals surface area contributed by atoms with Crippen LogP contribution in [0.15, 0.2) is 42.5 Å². The highest BCUT2D eigenvalue weighted by Crippen LogP contribution is 2.60. The average Bonchev–Trinajstić information content (AvgIpc) is 3.75. The molecule has 5 heteroatoms. The van der Waals surface area contributed by atoms with Crippen LogP contribution in [0, 0.1) is 35.0 Å². The van der Waals surface area contributed by atoms with Crippen LogP contribution < -0.4 is 0 Å². The number of nitrogens with zero attached hydrogens (tertiary/aromatic N) is 3. The van der Waals surface area contributed by atoms with E-state index < -0.39 is 0 Å². The van der Waals surface area contributed by atoms with E-state index in [0.29, 0.717) is 36.1 Å². The molecular formula is C49H63N3OS. The first-order chi connectivity index (χ1) is 26.7. The van der Waals surface area contributed by atoms with Crippen LogP contribution in [-0.4, -0.2) is 68.8 Å². The summed E-state index contributed by atoms with van der Waals surface area (Å²) in [6.45, 7) is 0. The zero-order valence-corrected chi connectivity index (χ0v) is 33.4. The second-order valence-corrected chi connectivity index (χ2v) is 21.7. The molecule has 4 nitrogen and oxygen atoms in total. The van der Waals surface area contributed by atoms with Gasteiger partial charge in [0.1, 0.15) is 0 Å². The predicted octanol–water partition coefficient (Wildman–Crippen LogP) is 10.8. The normalized spacial score (nSPS) is 46.6. The first kappa shape index (κ1) is 34.2. The van der Waals surface area contributed by atoms with E-state index in [1.54, 1.807) is 5.56 Å². The molecule has 286 valence electrons. The lowest BCUT2D eigenvalue weighted by molar-refractivity contribution is -0.177. The Balaban J connectivity index is 0.800. The minimum absolute atomic E-state index is 0.491. The molecule has 0 amide bonds. The predicted molar refractivity (Wildman–Crippen MR) is 219 cm³/mol. The number of rotatable bonds is 3. The van der Waals surface area contributed by atoms with Gasteiger partial charge in [-0.05, 0) is 160 Å². The average molecular weight is 742 g/mol. The zero-order valence-electron chi connectivity index (χ0n) is 32.6. The third kappa shape index (κ3) is 5.38. The summed E-state index contributed by atoms with van der Waals surface area (Å²) in [5.74, 6) is 4.63. The van der Waals surface area contributed by atoms with Gasteiger partial charge in [0.15, 0.2) is 0 Å². The zero-order chi connectivity index (χ0) is 35.5. The number of fused-ring (bicyclic) bond motifs is 10. The molecule has 0 aromatic heterocycles. The molecular weight excluding hydrogens is 679 g/mol. The molecule has 10 fully saturated rings. The molecule has 4 saturated heterocycles. The monoisotopic (exact) mass is 741 g/mol. The lowest BCUT2D eigenvalue weighted by Gasteiger charge is -2.53. The summed E-state index contributed by atoms with van der Waals surface area (Å²) in [5, 5.41) is 12.1. The summed E-state index contributed by atoms with van der Waals surface area (Å²) in [7, 11) is 0. The van der Waals surface area contributed by atoms with Crippen LogP contribution in [0.1, 0.15) is 157 Å². The van der Waals surface area contributed by atoms with Gasteiger partial charge in [0.2, 0.25) is 0 Å². The first-order valence-corrected chi connectivity index (χ1v) is 24.2. The number of hydrogen-bond acceptors (Lipinski definition) is 5. The van der Waals surface area contributed by atoms with E-state index in [1.807, 2.05) is 0 Å². The maximum Gasteiger partial charge on any atom is 0.0991 e. The van der Waals surface area contributed by atoms with E-state index in [1.165, 1.54) is 145 Å². The van der Waals surface area contributed by atoms with Crippen molar-refractivity contribution in [2.45, 2.75) is 199 Å². The summed E-state index contributed by atoms with van der Waals surface area (Å²) >= 11 is 2.44. The molecule has 10 aliphatic rings. The Kier molecular flexibility index (Phi) is 8.64. The van der Waals surface area contributed by atoms with E-state index in [-0.39, 0.29) is 0 Å². The van der Waals surface area contributed by atoms with Crippen molar-refractivity contribution in [3.63, 3.8) is 0 Å². The molecule has 0 radical (unpaired) electrons. The second kappa shape index (κ2) is 13.6. The van der Waals surface area contributed by atoms with Gasteiger partial charge in [-0.2, -0.15) is 17.0 Å². The minimum atomic E-state index is 0.491. The Morgan fingerprint density at radius 3 is 2.04 bits per heavy atom. The van der Waals surface area contributed by atoms with Crippen molar-refractivity contribution >= 4 is 11.8 Å². The quantitative estimate of drug-likeness (QED) is 0.313. The van der Waals surface area contributed by atoms with Crippen molar-refractivity contribution < 1.29 is 4.74 Å². The molecule has 16 unspecified atom stereocenters. The van der Waals surface area contributed by atoms with Gasteiger partial charge in [-0.15, -0.1) is 0 Å². The van der Waals surface area contributed by atoms with E-state index in [0.717, 1.165) is 63.9 Å². The summed E-state index contributed by atoms with van der Waals surface area (Å²) in [6.07, 6.45) is 28.7. The van der Waals surface area contributed by atoms with Gasteiger partial charge in [0.05, 0.1) is 23.8 Å². The SMILES string of the molecule is N#Cc1cc(-c2cccc(C3CCC4C(C3)C3CCCC5OC6CCCCC6N4C53)c2)cc(C2CCC3C(C2)C2CCCC4SC5CCCCC5N3C42)c1. The van der Waals surface area contributed by atoms with E-state index in [4.69, 9.17) is 4.74 Å². The number of thioether (sulfide) groups is 1. The standard InChI is InChI=1S/C49H63N3OS/c50-28-29-22-34(25-35(23-29)33-19-21-41-39(27-33)37-11-7-17-47-49(37)52(41)43-13-2-4-16-46(43)54-47)31-9-5-8-30(24-31)32-18-20-40-38(26-32)36-10-6-15-45-48(36)51(40)42-12-1-3-14-44(42)53-45/h5,8-9,22-25,32-33,36-49H,1-4,6-7,10-21,26-27H2. The Morgan fingerprint density at radius 2 is 1.20 bits per heavy atom. The molecule has 6 saturated carbocycles. The lowest BCUT2D eigenvalue weighted by atomic mass is 9.68. The minimum Gasteiger partial charge on any atom is -0.372 e. The van der Waals surface area contributed by atoms with Crippen LogP contribution in [-0.2, 0) is 4.74 Å². The fraction of sp³-hybridized carbons (Fsp3) is 0.735. The molecule has 2 aromatic carbocycles. The first-order valence-electron chi connectivity index (χ1n) is 23.2. The van der Waals surface area contributed by atoms with Crippen molar-refractivity contribution in [1.29, 1.82) is 5.26 Å².